The number of ether oxygens (including phenoxy) is 1. The molecular weight excluding hydrogens is 230 g/mol. The molecule has 0 unspecified atom stereocenters. The van der Waals surface area contributed by atoms with E-state index in [1.54, 1.807) is 11.1 Å². The van der Waals surface area contributed by atoms with Gasteiger partial charge in [0.15, 0.2) is 0 Å². The minimum atomic E-state index is -0.00812. The van der Waals surface area contributed by atoms with E-state index in [0.29, 0.717) is 13.2 Å². The van der Waals surface area contributed by atoms with Crippen LogP contribution in [0, 0.1) is 0 Å². The highest BCUT2D eigenvalue weighted by molar-refractivity contribution is 5.76. The molecule has 96 valence electrons. The number of carbonyl (C=O) groups excluding carboxylic acids is 1. The predicted molar refractivity (Wildman–Crippen MR) is 70.7 cm³/mol. The van der Waals surface area contributed by atoms with E-state index in [4.69, 9.17) is 4.74 Å². The summed E-state index contributed by atoms with van der Waals surface area (Å²) in [5.74, 6) is 0.796. The fourth-order valence-corrected chi connectivity index (χ4v) is 1.78. The minimum Gasteiger partial charge on any atom is -0.492 e. The molecule has 0 bridgehead atoms. The van der Waals surface area contributed by atoms with Crippen molar-refractivity contribution in [1.82, 2.24) is 10.2 Å². The number of nitrogens with zero attached hydrogens (tertiary/aromatic N) is 2. The molecule has 1 aromatic rings. The number of carbonyl (C=O) groups is 1. The lowest BCUT2D eigenvalue weighted by Crippen LogP contribution is -2.31. The van der Waals surface area contributed by atoms with Crippen molar-refractivity contribution in [2.75, 3.05) is 26.2 Å². The van der Waals surface area contributed by atoms with Crippen LogP contribution in [0.5, 0.6) is 5.75 Å². The van der Waals surface area contributed by atoms with Crippen LogP contribution in [0.4, 0.5) is 10.5 Å². The van der Waals surface area contributed by atoms with Gasteiger partial charge in [0.25, 0.3) is 0 Å². The highest BCUT2D eigenvalue weighted by Crippen LogP contribution is 2.17. The largest absolute Gasteiger partial charge is 0.492 e. The van der Waals surface area contributed by atoms with Crippen LogP contribution in [0.1, 0.15) is 6.92 Å². The summed E-state index contributed by atoms with van der Waals surface area (Å²) in [5.41, 5.74) is 0.906. The Hall–Kier alpha value is -2.04. The molecule has 0 saturated carbocycles. The van der Waals surface area contributed by atoms with E-state index < -0.39 is 0 Å². The van der Waals surface area contributed by atoms with Gasteiger partial charge in [-0.2, -0.15) is 0 Å². The number of rotatable bonds is 5. The summed E-state index contributed by atoms with van der Waals surface area (Å²) >= 11 is 0. The van der Waals surface area contributed by atoms with Crippen LogP contribution in [-0.2, 0) is 0 Å². The number of aliphatic imine (C=N–C) groups is 1. The van der Waals surface area contributed by atoms with Gasteiger partial charge in [-0.1, -0.05) is 0 Å². The van der Waals surface area contributed by atoms with E-state index in [1.807, 2.05) is 31.2 Å². The van der Waals surface area contributed by atoms with Gasteiger partial charge in [0, 0.05) is 19.3 Å². The summed E-state index contributed by atoms with van der Waals surface area (Å²) in [4.78, 5) is 17.2. The third kappa shape index (κ3) is 3.23. The first-order valence-electron chi connectivity index (χ1n) is 6.04. The Morgan fingerprint density at radius 3 is 2.83 bits per heavy atom. The number of nitrogens with one attached hydrogen (secondary N) is 1. The Kier molecular flexibility index (Phi) is 4.17. The summed E-state index contributed by atoms with van der Waals surface area (Å²) in [6, 6.07) is 7.56. The van der Waals surface area contributed by atoms with Gasteiger partial charge in [-0.15, -0.1) is 0 Å². The Bertz CT molecular complexity index is 428. The van der Waals surface area contributed by atoms with Crippen LogP contribution in [0.15, 0.2) is 29.3 Å². The second-order valence-corrected chi connectivity index (χ2v) is 3.95. The van der Waals surface area contributed by atoms with Crippen molar-refractivity contribution in [3.8, 4) is 5.75 Å². The topological polar surface area (TPSA) is 53.9 Å². The van der Waals surface area contributed by atoms with Crippen LogP contribution in [0.3, 0.4) is 0 Å². The molecule has 1 aliphatic heterocycles. The van der Waals surface area contributed by atoms with Crippen molar-refractivity contribution < 1.29 is 9.53 Å². The smallest absolute Gasteiger partial charge is 0.317 e. The maximum absolute atomic E-state index is 11.3. The first-order valence-corrected chi connectivity index (χ1v) is 6.04. The van der Waals surface area contributed by atoms with Gasteiger partial charge >= 0.3 is 6.03 Å². The third-order valence-corrected chi connectivity index (χ3v) is 2.69. The van der Waals surface area contributed by atoms with Crippen molar-refractivity contribution in [2.45, 2.75) is 6.92 Å². The van der Waals surface area contributed by atoms with Crippen LogP contribution in [0.2, 0.25) is 0 Å². The van der Waals surface area contributed by atoms with Gasteiger partial charge in [-0.25, -0.2) is 4.79 Å². The second kappa shape index (κ2) is 6.05. The monoisotopic (exact) mass is 247 g/mol. The maximum atomic E-state index is 11.3. The van der Waals surface area contributed by atoms with Crippen molar-refractivity contribution in [2.24, 2.45) is 4.99 Å². The predicted octanol–water partition coefficient (Wildman–Crippen LogP) is 1.81. The number of urea groups is 1. The summed E-state index contributed by atoms with van der Waals surface area (Å²) in [6.45, 7) is 4.48. The zero-order chi connectivity index (χ0) is 12.8. The Morgan fingerprint density at radius 2 is 2.22 bits per heavy atom. The molecule has 1 N–H and O–H groups in total. The van der Waals surface area contributed by atoms with Gasteiger partial charge in [0.1, 0.15) is 12.4 Å². The Morgan fingerprint density at radius 1 is 1.44 bits per heavy atom. The zero-order valence-corrected chi connectivity index (χ0v) is 10.4. The van der Waals surface area contributed by atoms with Crippen LogP contribution >= 0.6 is 0 Å². The van der Waals surface area contributed by atoms with Crippen LogP contribution in [-0.4, -0.2) is 43.4 Å². The summed E-state index contributed by atoms with van der Waals surface area (Å²) in [7, 11) is 0. The molecule has 2 rings (SSSR count). The van der Waals surface area contributed by atoms with E-state index in [1.165, 1.54) is 0 Å². The van der Waals surface area contributed by atoms with Crippen molar-refractivity contribution in [3.05, 3.63) is 24.3 Å². The lowest BCUT2D eigenvalue weighted by Gasteiger charge is -2.14. The molecule has 0 radical (unpaired) electrons. The highest BCUT2D eigenvalue weighted by atomic mass is 16.5. The lowest BCUT2D eigenvalue weighted by molar-refractivity contribution is 0.202. The lowest BCUT2D eigenvalue weighted by atomic mass is 10.3. The third-order valence-electron chi connectivity index (χ3n) is 2.69. The number of hydrogen-bond donors (Lipinski definition) is 1. The first kappa shape index (κ1) is 12.4. The van der Waals surface area contributed by atoms with Gasteiger partial charge in [0.05, 0.1) is 12.2 Å². The number of hydrogen-bond acceptors (Lipinski definition) is 3. The molecule has 2 amide bonds. The maximum Gasteiger partial charge on any atom is 0.317 e. The SMILES string of the molecule is C/C=N\c1ccc(OCCN2CCNC2=O)cc1. The van der Waals surface area contributed by atoms with Gasteiger partial charge in [0.2, 0.25) is 0 Å². The molecule has 0 aliphatic carbocycles. The van der Waals surface area contributed by atoms with Gasteiger partial charge in [-0.05, 0) is 31.2 Å². The quantitative estimate of drug-likeness (QED) is 0.807. The van der Waals surface area contributed by atoms with Gasteiger partial charge < -0.3 is 15.0 Å². The molecule has 0 spiro atoms. The molecule has 0 aromatic heterocycles. The van der Waals surface area contributed by atoms with Crippen molar-refractivity contribution >= 4 is 17.9 Å². The second-order valence-electron chi connectivity index (χ2n) is 3.95. The Balaban J connectivity index is 1.77. The number of amides is 2. The minimum absolute atomic E-state index is 0.00812. The molecule has 1 saturated heterocycles. The van der Waals surface area contributed by atoms with E-state index in [2.05, 4.69) is 10.3 Å². The molecular formula is C13H17N3O2. The van der Waals surface area contributed by atoms with Gasteiger partial charge in [-0.3, -0.25) is 4.99 Å². The molecule has 5 heteroatoms. The number of benzene rings is 1. The standard InChI is InChI=1S/C13H17N3O2/c1-2-14-11-3-5-12(6-4-11)18-10-9-16-8-7-15-13(16)17/h2-6H,7-10H2,1H3,(H,15,17)/b14-2-. The summed E-state index contributed by atoms with van der Waals surface area (Å²) in [6.07, 6.45) is 1.75. The average Bonchev–Trinajstić information content (AvgIpc) is 2.78. The van der Waals surface area contributed by atoms with Crippen molar-refractivity contribution in [1.29, 1.82) is 0 Å². The van der Waals surface area contributed by atoms with E-state index in [0.717, 1.165) is 24.5 Å². The first-order chi connectivity index (χ1) is 8.79. The molecule has 18 heavy (non-hydrogen) atoms. The molecule has 0 atom stereocenters. The fourth-order valence-electron chi connectivity index (χ4n) is 1.78. The fraction of sp³-hybridized carbons (Fsp3) is 0.385. The summed E-state index contributed by atoms with van der Waals surface area (Å²) in [5, 5.41) is 2.76. The molecule has 1 heterocycles. The zero-order valence-electron chi connectivity index (χ0n) is 10.4. The van der Waals surface area contributed by atoms with Crippen LogP contribution in [0.25, 0.3) is 0 Å². The van der Waals surface area contributed by atoms with E-state index in [9.17, 15) is 4.79 Å². The van der Waals surface area contributed by atoms with E-state index >= 15 is 0 Å². The van der Waals surface area contributed by atoms with E-state index in [-0.39, 0.29) is 6.03 Å². The van der Waals surface area contributed by atoms with Crippen molar-refractivity contribution in [3.63, 3.8) is 0 Å². The molecule has 1 fully saturated rings. The Labute approximate surface area is 106 Å². The summed E-state index contributed by atoms with van der Waals surface area (Å²) < 4.78 is 5.58. The molecule has 1 aliphatic rings. The normalized spacial score (nSPS) is 15.2. The highest BCUT2D eigenvalue weighted by Gasteiger charge is 2.18. The molecule has 5 nitrogen and oxygen atoms in total. The van der Waals surface area contributed by atoms with Crippen LogP contribution < -0.4 is 10.1 Å². The molecule has 1 aromatic carbocycles. The average molecular weight is 247 g/mol.